The van der Waals surface area contributed by atoms with Gasteiger partial charge in [-0.3, -0.25) is 4.90 Å². The van der Waals surface area contributed by atoms with Gasteiger partial charge in [0.1, 0.15) is 0 Å². The topological polar surface area (TPSA) is 15.3 Å². The number of benzene rings is 1. The van der Waals surface area contributed by atoms with Crippen molar-refractivity contribution in [3.63, 3.8) is 0 Å². The molecule has 0 bridgehead atoms. The third kappa shape index (κ3) is 5.60. The zero-order valence-electron chi connectivity index (χ0n) is 11.1. The third-order valence-corrected chi connectivity index (χ3v) is 4.26. The van der Waals surface area contributed by atoms with Gasteiger partial charge in [-0.05, 0) is 17.7 Å². The van der Waals surface area contributed by atoms with Crippen molar-refractivity contribution in [1.29, 1.82) is 0 Å². The molecule has 0 radical (unpaired) electrons. The fraction of sp³-hybridized carbons (Fsp3) is 0.538. The highest BCUT2D eigenvalue weighted by Crippen LogP contribution is 2.37. The van der Waals surface area contributed by atoms with E-state index in [2.05, 4.69) is 21.2 Å². The van der Waals surface area contributed by atoms with Gasteiger partial charge in [-0.1, -0.05) is 33.6 Å². The van der Waals surface area contributed by atoms with Crippen LogP contribution in [-0.2, 0) is 0 Å². The Hall–Kier alpha value is -0.0100. The molecule has 0 aromatic heterocycles. The monoisotopic (exact) mass is 406 g/mol. The molecule has 1 fully saturated rings. The standard InChI is InChI=1S/C13H15BrClF3N2.ClH/c14-11-7-9(15)1-2-10(11)12(8-13(16,17)18)20-5-3-19-4-6-20;/h1-2,7,12,19H,3-6,8H2;1H/t12-;/m0./s1. The molecule has 8 heteroatoms. The molecule has 1 atom stereocenters. The van der Waals surface area contributed by atoms with Crippen LogP contribution in [0.15, 0.2) is 22.7 Å². The second kappa shape index (κ2) is 8.02. The van der Waals surface area contributed by atoms with Crippen LogP contribution in [0.5, 0.6) is 0 Å². The Morgan fingerprint density at radius 1 is 1.29 bits per heavy atom. The summed E-state index contributed by atoms with van der Waals surface area (Å²) in [5.41, 5.74) is 0.633. The predicted octanol–water partition coefficient (Wildman–Crippen LogP) is 4.42. The average Bonchev–Trinajstić information content (AvgIpc) is 2.36. The molecule has 2 nitrogen and oxygen atoms in total. The van der Waals surface area contributed by atoms with E-state index < -0.39 is 18.6 Å². The van der Waals surface area contributed by atoms with Crippen LogP contribution in [0.25, 0.3) is 0 Å². The molecule has 2 rings (SSSR count). The molecular weight excluding hydrogens is 392 g/mol. The molecule has 1 aromatic carbocycles. The first kappa shape index (κ1) is 19.0. The zero-order valence-corrected chi connectivity index (χ0v) is 14.2. The van der Waals surface area contributed by atoms with Crippen molar-refractivity contribution in [1.82, 2.24) is 10.2 Å². The second-order valence-corrected chi connectivity index (χ2v) is 6.08. The number of piperazine rings is 1. The van der Waals surface area contributed by atoms with Crippen molar-refractivity contribution in [2.45, 2.75) is 18.6 Å². The number of nitrogens with zero attached hydrogens (tertiary/aromatic N) is 1. The van der Waals surface area contributed by atoms with Crippen LogP contribution in [0.3, 0.4) is 0 Å². The fourth-order valence-corrected chi connectivity index (χ4v) is 3.37. The number of rotatable bonds is 3. The molecule has 1 aliphatic rings. The van der Waals surface area contributed by atoms with Crippen LogP contribution >= 0.6 is 39.9 Å². The smallest absolute Gasteiger partial charge is 0.314 e. The lowest BCUT2D eigenvalue weighted by atomic mass is 10.0. The second-order valence-electron chi connectivity index (χ2n) is 4.79. The molecule has 120 valence electrons. The SMILES string of the molecule is Cl.FC(F)(F)C[C@@H](c1ccc(Cl)cc1Br)N1CCNCC1. The first-order chi connectivity index (χ1) is 9.37. The Labute approximate surface area is 141 Å². The maximum atomic E-state index is 12.9. The number of hydrogen-bond acceptors (Lipinski definition) is 2. The number of halogens is 6. The molecule has 0 unspecified atom stereocenters. The van der Waals surface area contributed by atoms with Crippen LogP contribution in [0.4, 0.5) is 13.2 Å². The van der Waals surface area contributed by atoms with Crippen molar-refractivity contribution < 1.29 is 13.2 Å². The Morgan fingerprint density at radius 3 is 2.43 bits per heavy atom. The molecule has 21 heavy (non-hydrogen) atoms. The lowest BCUT2D eigenvalue weighted by molar-refractivity contribution is -0.148. The average molecular weight is 408 g/mol. The highest BCUT2D eigenvalue weighted by molar-refractivity contribution is 9.10. The zero-order chi connectivity index (χ0) is 14.8. The van der Waals surface area contributed by atoms with Gasteiger partial charge in [0.15, 0.2) is 0 Å². The summed E-state index contributed by atoms with van der Waals surface area (Å²) >= 11 is 9.19. The van der Waals surface area contributed by atoms with Crippen molar-refractivity contribution in [2.75, 3.05) is 26.2 Å². The van der Waals surface area contributed by atoms with Gasteiger partial charge in [-0.15, -0.1) is 12.4 Å². The van der Waals surface area contributed by atoms with E-state index in [1.54, 1.807) is 18.2 Å². The Morgan fingerprint density at radius 2 is 1.90 bits per heavy atom. The molecule has 1 heterocycles. The van der Waals surface area contributed by atoms with E-state index in [9.17, 15) is 13.2 Å². The first-order valence-electron chi connectivity index (χ1n) is 6.33. The Bertz CT molecular complexity index is 465. The van der Waals surface area contributed by atoms with Crippen molar-refractivity contribution >= 4 is 39.9 Å². The predicted molar refractivity (Wildman–Crippen MR) is 84.3 cm³/mol. The summed E-state index contributed by atoms with van der Waals surface area (Å²) in [5, 5.41) is 3.66. The van der Waals surface area contributed by atoms with E-state index in [-0.39, 0.29) is 12.4 Å². The summed E-state index contributed by atoms with van der Waals surface area (Å²) in [6, 6.07) is 4.27. The molecular formula is C13H16BrCl2F3N2. The molecule has 0 aliphatic carbocycles. The molecule has 1 N–H and O–H groups in total. The van der Waals surface area contributed by atoms with Gasteiger partial charge in [0.05, 0.1) is 6.42 Å². The maximum absolute atomic E-state index is 12.9. The van der Waals surface area contributed by atoms with Gasteiger partial charge in [0, 0.05) is 41.7 Å². The molecule has 0 amide bonds. The summed E-state index contributed by atoms with van der Waals surface area (Å²) in [4.78, 5) is 1.87. The van der Waals surface area contributed by atoms with Crippen molar-refractivity contribution in [3.8, 4) is 0 Å². The van der Waals surface area contributed by atoms with E-state index in [0.29, 0.717) is 41.2 Å². The van der Waals surface area contributed by atoms with Crippen molar-refractivity contribution in [3.05, 3.63) is 33.3 Å². The van der Waals surface area contributed by atoms with Gasteiger partial charge in [0.25, 0.3) is 0 Å². The molecule has 0 spiro atoms. The maximum Gasteiger partial charge on any atom is 0.390 e. The highest BCUT2D eigenvalue weighted by atomic mass is 79.9. The first-order valence-corrected chi connectivity index (χ1v) is 7.50. The minimum Gasteiger partial charge on any atom is -0.314 e. The number of alkyl halides is 3. The largest absolute Gasteiger partial charge is 0.390 e. The van der Waals surface area contributed by atoms with Gasteiger partial charge < -0.3 is 5.32 Å². The Balaban J connectivity index is 0.00000220. The minimum atomic E-state index is -4.20. The van der Waals surface area contributed by atoms with Crippen LogP contribution in [0.2, 0.25) is 5.02 Å². The van der Waals surface area contributed by atoms with E-state index >= 15 is 0 Å². The van der Waals surface area contributed by atoms with Gasteiger partial charge in [-0.25, -0.2) is 0 Å². The van der Waals surface area contributed by atoms with Gasteiger partial charge in [0.2, 0.25) is 0 Å². The highest BCUT2D eigenvalue weighted by Gasteiger charge is 2.36. The minimum absolute atomic E-state index is 0. The molecule has 1 aromatic rings. The van der Waals surface area contributed by atoms with Crippen molar-refractivity contribution in [2.24, 2.45) is 0 Å². The van der Waals surface area contributed by atoms with Crippen LogP contribution in [-0.4, -0.2) is 37.3 Å². The summed E-state index contributed by atoms with van der Waals surface area (Å²) in [7, 11) is 0. The summed E-state index contributed by atoms with van der Waals surface area (Å²) in [6.45, 7) is 2.63. The van der Waals surface area contributed by atoms with Crippen LogP contribution in [0, 0.1) is 0 Å². The summed E-state index contributed by atoms with van der Waals surface area (Å²) < 4.78 is 39.2. The molecule has 0 saturated carbocycles. The Kier molecular flexibility index (Phi) is 7.27. The third-order valence-electron chi connectivity index (χ3n) is 3.34. The van der Waals surface area contributed by atoms with Crippen LogP contribution in [0.1, 0.15) is 18.0 Å². The number of hydrogen-bond donors (Lipinski definition) is 1. The summed E-state index contributed by atoms with van der Waals surface area (Å²) in [6.07, 6.45) is -5.05. The van der Waals surface area contributed by atoms with E-state index in [4.69, 9.17) is 11.6 Å². The van der Waals surface area contributed by atoms with E-state index in [1.165, 1.54) is 0 Å². The lowest BCUT2D eigenvalue weighted by Gasteiger charge is -2.36. The van der Waals surface area contributed by atoms with Gasteiger partial charge in [-0.2, -0.15) is 13.2 Å². The normalized spacial score (nSPS) is 18.1. The molecule has 1 saturated heterocycles. The molecule has 1 aliphatic heterocycles. The quantitative estimate of drug-likeness (QED) is 0.797. The fourth-order valence-electron chi connectivity index (χ4n) is 2.42. The lowest BCUT2D eigenvalue weighted by Crippen LogP contribution is -2.46. The summed E-state index contributed by atoms with van der Waals surface area (Å²) in [5.74, 6) is 0. The van der Waals surface area contributed by atoms with Gasteiger partial charge >= 0.3 is 6.18 Å². The van der Waals surface area contributed by atoms with Crippen LogP contribution < -0.4 is 5.32 Å². The van der Waals surface area contributed by atoms with E-state index in [1.807, 2.05) is 4.90 Å². The van der Waals surface area contributed by atoms with E-state index in [0.717, 1.165) is 0 Å². The number of nitrogens with one attached hydrogen (secondary N) is 1.